The molecule has 258 valence electrons. The van der Waals surface area contributed by atoms with Crippen LogP contribution in [0.2, 0.25) is 0 Å². The van der Waals surface area contributed by atoms with Gasteiger partial charge in [-0.05, 0) is 38.5 Å². The van der Waals surface area contributed by atoms with Gasteiger partial charge < -0.3 is 28.6 Å². The summed E-state index contributed by atoms with van der Waals surface area (Å²) < 4.78 is 16.9. The Hall–Kier alpha value is -1.93. The largest absolute Gasteiger partial charge is 0.544 e. The lowest BCUT2D eigenvalue weighted by atomic mass is 10.1. The Bertz CT molecular complexity index is 747. The molecule has 8 heteroatoms. The number of carboxylic acid groups (broad SMARTS) is 1. The lowest BCUT2D eigenvalue weighted by molar-refractivity contribution is -0.889. The maximum Gasteiger partial charge on any atom is 0.306 e. The lowest BCUT2D eigenvalue weighted by Gasteiger charge is -2.34. The van der Waals surface area contributed by atoms with E-state index in [1.807, 2.05) is 0 Å². The third kappa shape index (κ3) is 26.5. The maximum atomic E-state index is 12.6. The van der Waals surface area contributed by atoms with Gasteiger partial charge in [-0.15, -0.1) is 0 Å². The monoisotopic (exact) mass is 625 g/mol. The van der Waals surface area contributed by atoms with E-state index in [9.17, 15) is 19.5 Å². The first kappa shape index (κ1) is 42.1. The van der Waals surface area contributed by atoms with Crippen molar-refractivity contribution in [2.75, 3.05) is 41.0 Å². The zero-order valence-electron chi connectivity index (χ0n) is 29.1. The minimum atomic E-state index is -1.13. The van der Waals surface area contributed by atoms with E-state index in [2.05, 4.69) is 26.0 Å². The molecule has 44 heavy (non-hydrogen) atoms. The van der Waals surface area contributed by atoms with Crippen molar-refractivity contribution < 1.29 is 38.2 Å². The number of esters is 2. The molecule has 0 bridgehead atoms. The number of ether oxygens (including phenoxy) is 3. The average Bonchev–Trinajstić information content (AvgIpc) is 2.96. The molecule has 0 amide bonds. The van der Waals surface area contributed by atoms with Crippen molar-refractivity contribution in [3.63, 3.8) is 0 Å². The molecule has 0 spiro atoms. The Morgan fingerprint density at radius 2 is 1.14 bits per heavy atom. The summed E-state index contributed by atoms with van der Waals surface area (Å²) in [5.41, 5.74) is 0. The van der Waals surface area contributed by atoms with Crippen LogP contribution in [0.25, 0.3) is 0 Å². The minimum absolute atomic E-state index is 0.0405. The molecule has 0 aromatic heterocycles. The van der Waals surface area contributed by atoms with Crippen LogP contribution < -0.4 is 5.11 Å². The molecule has 0 saturated carbocycles. The van der Waals surface area contributed by atoms with E-state index in [0.717, 1.165) is 64.2 Å². The average molecular weight is 626 g/mol. The summed E-state index contributed by atoms with van der Waals surface area (Å²) in [5.74, 6) is -1.76. The highest BCUT2D eigenvalue weighted by molar-refractivity contribution is 5.70. The van der Waals surface area contributed by atoms with E-state index in [4.69, 9.17) is 14.2 Å². The van der Waals surface area contributed by atoms with Crippen LogP contribution in [-0.4, -0.2) is 75.5 Å². The topological polar surface area (TPSA) is 102 Å². The first-order valence-electron chi connectivity index (χ1n) is 17.7. The number of likely N-dealkylation sites (N-methyl/N-ethyl adjacent to an activating group) is 1. The number of allylic oxidation sites excluding steroid dienone is 2. The third-order valence-corrected chi connectivity index (χ3v) is 7.90. The summed E-state index contributed by atoms with van der Waals surface area (Å²) >= 11 is 0. The first-order valence-corrected chi connectivity index (χ1v) is 17.7. The first-order chi connectivity index (χ1) is 21.1. The fourth-order valence-corrected chi connectivity index (χ4v) is 5.06. The molecule has 0 rings (SSSR count). The van der Waals surface area contributed by atoms with Crippen LogP contribution in [0.15, 0.2) is 12.2 Å². The smallest absolute Gasteiger partial charge is 0.306 e. The van der Waals surface area contributed by atoms with Crippen LogP contribution in [0.1, 0.15) is 149 Å². The molecular weight excluding hydrogens is 558 g/mol. The van der Waals surface area contributed by atoms with Crippen LogP contribution in [0.3, 0.4) is 0 Å². The van der Waals surface area contributed by atoms with E-state index >= 15 is 0 Å². The standard InChI is InChI=1S/C36H67NO7/c1-6-8-10-12-13-14-15-16-17-18-19-20-21-23-25-27-35(39)44-32(31-43-34(38)26-24-22-11-9-7-2)30-42-29-28-33(36(40)41)37(3,4)5/h16-17,32-33H,6-15,18-31H2,1-5H3/b17-16-. The summed E-state index contributed by atoms with van der Waals surface area (Å²) in [7, 11) is 5.38. The second-order valence-corrected chi connectivity index (χ2v) is 13.1. The zero-order chi connectivity index (χ0) is 32.9. The molecule has 2 unspecified atom stereocenters. The summed E-state index contributed by atoms with van der Waals surface area (Å²) in [6.45, 7) is 4.54. The Balaban J connectivity index is 4.35. The zero-order valence-corrected chi connectivity index (χ0v) is 29.1. The predicted molar refractivity (Wildman–Crippen MR) is 176 cm³/mol. The maximum absolute atomic E-state index is 12.6. The van der Waals surface area contributed by atoms with Gasteiger partial charge >= 0.3 is 11.9 Å². The van der Waals surface area contributed by atoms with Gasteiger partial charge in [-0.1, -0.05) is 103 Å². The highest BCUT2D eigenvalue weighted by atomic mass is 16.6. The van der Waals surface area contributed by atoms with Crippen LogP contribution in [0, 0.1) is 0 Å². The summed E-state index contributed by atoms with van der Waals surface area (Å²) in [4.78, 5) is 36.3. The molecule has 0 heterocycles. The molecule has 0 aliphatic heterocycles. The molecule has 0 radical (unpaired) electrons. The van der Waals surface area contributed by atoms with Crippen LogP contribution >= 0.6 is 0 Å². The van der Waals surface area contributed by atoms with Crippen molar-refractivity contribution in [2.24, 2.45) is 0 Å². The Morgan fingerprint density at radius 3 is 1.64 bits per heavy atom. The molecule has 8 nitrogen and oxygen atoms in total. The minimum Gasteiger partial charge on any atom is -0.544 e. The Morgan fingerprint density at radius 1 is 0.659 bits per heavy atom. The Labute approximate surface area is 269 Å². The number of hydrogen-bond acceptors (Lipinski definition) is 7. The molecule has 0 aliphatic rings. The third-order valence-electron chi connectivity index (χ3n) is 7.90. The second-order valence-electron chi connectivity index (χ2n) is 13.1. The molecule has 0 aliphatic carbocycles. The molecule has 0 fully saturated rings. The Kier molecular flexibility index (Phi) is 27.3. The number of carbonyl (C=O) groups excluding carboxylic acids is 3. The van der Waals surface area contributed by atoms with E-state index < -0.39 is 18.1 Å². The normalized spacial score (nSPS) is 13.2. The summed E-state index contributed by atoms with van der Waals surface area (Å²) in [6.07, 6.45) is 25.5. The summed E-state index contributed by atoms with van der Waals surface area (Å²) in [6, 6.07) is -0.720. The number of carboxylic acids is 1. The van der Waals surface area contributed by atoms with Crippen molar-refractivity contribution in [1.29, 1.82) is 0 Å². The SMILES string of the molecule is CCCCCCCC/C=C\CCCCCCCC(=O)OC(COCCC(C(=O)[O-])[N+](C)(C)C)COC(=O)CCCCCCC. The van der Waals surface area contributed by atoms with Gasteiger partial charge in [0.05, 0.1) is 40.3 Å². The molecule has 2 atom stereocenters. The number of carbonyl (C=O) groups is 3. The van der Waals surface area contributed by atoms with Gasteiger partial charge in [0.2, 0.25) is 0 Å². The van der Waals surface area contributed by atoms with Crippen LogP contribution in [0.4, 0.5) is 0 Å². The van der Waals surface area contributed by atoms with Crippen LogP contribution in [0.5, 0.6) is 0 Å². The number of unbranched alkanes of at least 4 members (excludes halogenated alkanes) is 15. The molecule has 0 N–H and O–H groups in total. The summed E-state index contributed by atoms with van der Waals surface area (Å²) in [5, 5.41) is 11.5. The van der Waals surface area contributed by atoms with Gasteiger partial charge in [-0.25, -0.2) is 0 Å². The molecular formula is C36H67NO7. The van der Waals surface area contributed by atoms with Gasteiger partial charge in [0.25, 0.3) is 0 Å². The van der Waals surface area contributed by atoms with Crippen molar-refractivity contribution in [1.82, 2.24) is 0 Å². The fraction of sp³-hybridized carbons (Fsp3) is 0.861. The van der Waals surface area contributed by atoms with Gasteiger partial charge in [0.15, 0.2) is 6.10 Å². The van der Waals surface area contributed by atoms with Gasteiger partial charge in [0, 0.05) is 19.3 Å². The van der Waals surface area contributed by atoms with Gasteiger partial charge in [-0.2, -0.15) is 0 Å². The quantitative estimate of drug-likeness (QED) is 0.0351. The number of hydrogen-bond donors (Lipinski definition) is 0. The number of nitrogens with zero attached hydrogens (tertiary/aromatic N) is 1. The predicted octanol–water partition coefficient (Wildman–Crippen LogP) is 7.07. The number of aliphatic carboxylic acids is 1. The molecule has 0 aromatic carbocycles. The molecule has 0 saturated heterocycles. The van der Waals surface area contributed by atoms with Crippen LogP contribution in [-0.2, 0) is 28.6 Å². The van der Waals surface area contributed by atoms with E-state index in [1.165, 1.54) is 51.4 Å². The van der Waals surface area contributed by atoms with E-state index in [1.54, 1.807) is 21.1 Å². The number of rotatable bonds is 31. The van der Waals surface area contributed by atoms with E-state index in [0.29, 0.717) is 12.8 Å². The fourth-order valence-electron chi connectivity index (χ4n) is 5.06. The number of quaternary nitrogens is 1. The highest BCUT2D eigenvalue weighted by Gasteiger charge is 2.25. The van der Waals surface area contributed by atoms with Crippen molar-refractivity contribution in [2.45, 2.75) is 161 Å². The molecule has 0 aromatic rings. The van der Waals surface area contributed by atoms with Crippen molar-refractivity contribution in [3.8, 4) is 0 Å². The van der Waals surface area contributed by atoms with Crippen molar-refractivity contribution in [3.05, 3.63) is 12.2 Å². The van der Waals surface area contributed by atoms with Gasteiger partial charge in [0.1, 0.15) is 12.6 Å². The van der Waals surface area contributed by atoms with Crippen molar-refractivity contribution >= 4 is 17.9 Å². The highest BCUT2D eigenvalue weighted by Crippen LogP contribution is 2.12. The van der Waals surface area contributed by atoms with E-state index in [-0.39, 0.29) is 42.7 Å². The second kappa shape index (κ2) is 28.5. The lowest BCUT2D eigenvalue weighted by Crippen LogP contribution is -2.55. The van der Waals surface area contributed by atoms with Gasteiger partial charge in [-0.3, -0.25) is 9.59 Å².